The van der Waals surface area contributed by atoms with Crippen LogP contribution in [0.1, 0.15) is 35.4 Å². The number of fused-ring (bicyclic) bond motifs is 1. The summed E-state index contributed by atoms with van der Waals surface area (Å²) >= 11 is 0. The SMILES string of the molecule is Cc1nn(CCC(=O)O)c(C)c1NC(=O)C1CCc2ccccc2C1. The number of anilines is 1. The van der Waals surface area contributed by atoms with Gasteiger partial charge in [-0.1, -0.05) is 24.3 Å². The van der Waals surface area contributed by atoms with E-state index in [1.165, 1.54) is 11.1 Å². The number of aromatic nitrogens is 2. The van der Waals surface area contributed by atoms with Crippen LogP contribution in [-0.2, 0) is 29.0 Å². The van der Waals surface area contributed by atoms with E-state index < -0.39 is 5.97 Å². The highest BCUT2D eigenvalue weighted by molar-refractivity contribution is 5.94. The van der Waals surface area contributed by atoms with Crippen molar-refractivity contribution in [3.05, 3.63) is 46.8 Å². The second kappa shape index (κ2) is 7.09. The Morgan fingerprint density at radius 2 is 2.00 bits per heavy atom. The highest BCUT2D eigenvalue weighted by Crippen LogP contribution is 2.27. The minimum Gasteiger partial charge on any atom is -0.481 e. The number of hydrogen-bond donors (Lipinski definition) is 2. The molecule has 0 fully saturated rings. The first-order chi connectivity index (χ1) is 12.0. The van der Waals surface area contributed by atoms with Gasteiger partial charge in [0.05, 0.1) is 30.0 Å². The van der Waals surface area contributed by atoms with E-state index in [2.05, 4.69) is 22.5 Å². The summed E-state index contributed by atoms with van der Waals surface area (Å²) in [6.07, 6.45) is 2.53. The number of nitrogens with one attached hydrogen (secondary N) is 1. The zero-order chi connectivity index (χ0) is 18.0. The number of carboxylic acids is 1. The van der Waals surface area contributed by atoms with E-state index in [1.807, 2.05) is 26.0 Å². The Labute approximate surface area is 146 Å². The number of aryl methyl sites for hydroxylation is 3. The minimum atomic E-state index is -0.862. The molecule has 1 heterocycles. The van der Waals surface area contributed by atoms with Crippen molar-refractivity contribution in [2.24, 2.45) is 5.92 Å². The van der Waals surface area contributed by atoms with E-state index in [-0.39, 0.29) is 18.2 Å². The van der Waals surface area contributed by atoms with Crippen molar-refractivity contribution < 1.29 is 14.7 Å². The summed E-state index contributed by atoms with van der Waals surface area (Å²) in [5.41, 5.74) is 4.80. The van der Waals surface area contributed by atoms with Gasteiger partial charge in [-0.2, -0.15) is 5.10 Å². The number of hydrogen-bond acceptors (Lipinski definition) is 3. The number of carbonyl (C=O) groups is 2. The standard InChI is InChI=1S/C19H23N3O3/c1-12-18(13(2)22(21-12)10-9-17(23)24)20-19(25)16-8-7-14-5-3-4-6-15(14)11-16/h3-6,16H,7-11H2,1-2H3,(H,20,25)(H,23,24). The van der Waals surface area contributed by atoms with E-state index >= 15 is 0 Å². The predicted molar refractivity (Wildman–Crippen MR) is 94.5 cm³/mol. The van der Waals surface area contributed by atoms with E-state index in [9.17, 15) is 9.59 Å². The number of aliphatic carboxylic acids is 1. The van der Waals surface area contributed by atoms with Gasteiger partial charge in [-0.25, -0.2) is 0 Å². The summed E-state index contributed by atoms with van der Waals surface area (Å²) in [6.45, 7) is 3.98. The summed E-state index contributed by atoms with van der Waals surface area (Å²) < 4.78 is 1.65. The van der Waals surface area contributed by atoms with Crippen molar-refractivity contribution >= 4 is 17.6 Å². The molecule has 1 aromatic carbocycles. The third-order valence-electron chi connectivity index (χ3n) is 4.88. The van der Waals surface area contributed by atoms with E-state index in [0.717, 1.165) is 25.0 Å². The molecule has 6 heteroatoms. The third kappa shape index (κ3) is 3.73. The van der Waals surface area contributed by atoms with Gasteiger partial charge in [0.25, 0.3) is 0 Å². The van der Waals surface area contributed by atoms with Crippen LogP contribution < -0.4 is 5.32 Å². The highest BCUT2D eigenvalue weighted by Gasteiger charge is 2.26. The monoisotopic (exact) mass is 341 g/mol. The summed E-state index contributed by atoms with van der Waals surface area (Å²) in [6, 6.07) is 8.27. The molecular formula is C19H23N3O3. The molecule has 1 unspecified atom stereocenters. The molecule has 3 rings (SSSR count). The van der Waals surface area contributed by atoms with Crippen molar-refractivity contribution in [2.75, 3.05) is 5.32 Å². The van der Waals surface area contributed by atoms with Gasteiger partial charge < -0.3 is 10.4 Å². The molecule has 0 spiro atoms. The van der Waals surface area contributed by atoms with E-state index in [1.54, 1.807) is 4.68 Å². The molecule has 0 saturated carbocycles. The van der Waals surface area contributed by atoms with Crippen LogP contribution in [0.15, 0.2) is 24.3 Å². The van der Waals surface area contributed by atoms with Crippen LogP contribution >= 0.6 is 0 Å². The van der Waals surface area contributed by atoms with Crippen LogP contribution in [0.25, 0.3) is 0 Å². The summed E-state index contributed by atoms with van der Waals surface area (Å²) in [7, 11) is 0. The maximum absolute atomic E-state index is 12.7. The molecule has 1 atom stereocenters. The smallest absolute Gasteiger partial charge is 0.305 e. The predicted octanol–water partition coefficient (Wildman–Crippen LogP) is 2.72. The molecular weight excluding hydrogens is 318 g/mol. The van der Waals surface area contributed by atoms with Crippen LogP contribution in [0.5, 0.6) is 0 Å². The fourth-order valence-electron chi connectivity index (χ4n) is 3.44. The zero-order valence-corrected chi connectivity index (χ0v) is 14.6. The molecule has 1 amide bonds. The second-order valence-electron chi connectivity index (χ2n) is 6.61. The molecule has 132 valence electrons. The van der Waals surface area contributed by atoms with Gasteiger partial charge in [0.2, 0.25) is 5.91 Å². The highest BCUT2D eigenvalue weighted by atomic mass is 16.4. The lowest BCUT2D eigenvalue weighted by atomic mass is 9.83. The Kier molecular flexibility index (Phi) is 4.88. The number of nitrogens with zero attached hydrogens (tertiary/aromatic N) is 2. The molecule has 0 bridgehead atoms. The molecule has 2 aromatic rings. The number of benzene rings is 1. The Morgan fingerprint density at radius 1 is 1.28 bits per heavy atom. The summed E-state index contributed by atoms with van der Waals surface area (Å²) in [4.78, 5) is 23.5. The number of carboxylic acid groups (broad SMARTS) is 1. The van der Waals surface area contributed by atoms with Crippen LogP contribution in [0.3, 0.4) is 0 Å². The van der Waals surface area contributed by atoms with Gasteiger partial charge in [0, 0.05) is 5.92 Å². The first kappa shape index (κ1) is 17.2. The van der Waals surface area contributed by atoms with Crippen LogP contribution in [0.4, 0.5) is 5.69 Å². The molecule has 0 saturated heterocycles. The molecule has 0 aliphatic heterocycles. The fraction of sp³-hybridized carbons (Fsp3) is 0.421. The number of rotatable bonds is 5. The van der Waals surface area contributed by atoms with E-state index in [0.29, 0.717) is 17.9 Å². The Bertz CT molecular complexity index is 810. The maximum atomic E-state index is 12.7. The fourth-order valence-corrected chi connectivity index (χ4v) is 3.44. The average molecular weight is 341 g/mol. The topological polar surface area (TPSA) is 84.2 Å². The second-order valence-corrected chi connectivity index (χ2v) is 6.61. The Hall–Kier alpha value is -2.63. The lowest BCUT2D eigenvalue weighted by Gasteiger charge is -2.23. The van der Waals surface area contributed by atoms with Crippen molar-refractivity contribution in [3.63, 3.8) is 0 Å². The molecule has 6 nitrogen and oxygen atoms in total. The van der Waals surface area contributed by atoms with Crippen LogP contribution in [0, 0.1) is 19.8 Å². The van der Waals surface area contributed by atoms with Crippen LogP contribution in [0.2, 0.25) is 0 Å². The van der Waals surface area contributed by atoms with Crippen molar-refractivity contribution in [3.8, 4) is 0 Å². The number of carbonyl (C=O) groups excluding carboxylic acids is 1. The molecule has 25 heavy (non-hydrogen) atoms. The molecule has 2 N–H and O–H groups in total. The molecule has 1 aliphatic rings. The van der Waals surface area contributed by atoms with Crippen molar-refractivity contribution in [2.45, 2.75) is 46.1 Å². The largest absolute Gasteiger partial charge is 0.481 e. The summed E-state index contributed by atoms with van der Waals surface area (Å²) in [5, 5.41) is 16.2. The Balaban J connectivity index is 1.70. The zero-order valence-electron chi connectivity index (χ0n) is 14.6. The van der Waals surface area contributed by atoms with Crippen molar-refractivity contribution in [1.82, 2.24) is 9.78 Å². The summed E-state index contributed by atoms with van der Waals surface area (Å²) in [5.74, 6) is -0.895. The van der Waals surface area contributed by atoms with Crippen molar-refractivity contribution in [1.29, 1.82) is 0 Å². The normalized spacial score (nSPS) is 16.3. The third-order valence-corrected chi connectivity index (χ3v) is 4.88. The van der Waals surface area contributed by atoms with Gasteiger partial charge in [-0.05, 0) is 44.2 Å². The first-order valence-corrected chi connectivity index (χ1v) is 8.59. The lowest BCUT2D eigenvalue weighted by molar-refractivity contribution is -0.137. The lowest BCUT2D eigenvalue weighted by Crippen LogP contribution is -2.28. The molecule has 1 aromatic heterocycles. The molecule has 0 radical (unpaired) electrons. The quantitative estimate of drug-likeness (QED) is 0.876. The van der Waals surface area contributed by atoms with Crippen LogP contribution in [-0.4, -0.2) is 26.8 Å². The Morgan fingerprint density at radius 3 is 2.72 bits per heavy atom. The van der Waals surface area contributed by atoms with Gasteiger partial charge in [0.15, 0.2) is 0 Å². The first-order valence-electron chi connectivity index (χ1n) is 8.59. The van der Waals surface area contributed by atoms with Gasteiger partial charge >= 0.3 is 5.97 Å². The number of amides is 1. The maximum Gasteiger partial charge on any atom is 0.305 e. The van der Waals surface area contributed by atoms with Gasteiger partial charge in [0.1, 0.15) is 0 Å². The van der Waals surface area contributed by atoms with E-state index in [4.69, 9.17) is 5.11 Å². The van der Waals surface area contributed by atoms with Gasteiger partial charge in [-0.3, -0.25) is 14.3 Å². The average Bonchev–Trinajstić information content (AvgIpc) is 2.87. The molecule has 1 aliphatic carbocycles. The van der Waals surface area contributed by atoms with Gasteiger partial charge in [-0.15, -0.1) is 0 Å². The minimum absolute atomic E-state index is 0.00869.